The summed E-state index contributed by atoms with van der Waals surface area (Å²) in [4.78, 5) is 7.36. The molecule has 0 radical (unpaired) electrons. The fourth-order valence-corrected chi connectivity index (χ4v) is 5.35. The molecule has 6 rings (SSSR count). The summed E-state index contributed by atoms with van der Waals surface area (Å²) in [7, 11) is 1.68. The van der Waals surface area contributed by atoms with Crippen molar-refractivity contribution in [3.63, 3.8) is 0 Å². The summed E-state index contributed by atoms with van der Waals surface area (Å²) in [6.45, 7) is 3.72. The number of fused-ring (bicyclic) bond motifs is 2. The summed E-state index contributed by atoms with van der Waals surface area (Å²) in [5.74, 6) is 2.79. The fraction of sp³-hybridized carbons (Fsp3) is 0.450. The van der Waals surface area contributed by atoms with Crippen molar-refractivity contribution in [1.29, 1.82) is 0 Å². The van der Waals surface area contributed by atoms with E-state index in [1.54, 1.807) is 18.4 Å². The van der Waals surface area contributed by atoms with Gasteiger partial charge in [-0.15, -0.1) is 11.3 Å². The molecule has 2 aromatic rings. The highest BCUT2D eigenvalue weighted by Gasteiger charge is 2.48. The summed E-state index contributed by atoms with van der Waals surface area (Å²) in [6.07, 6.45) is 6.09. The second kappa shape index (κ2) is 6.28. The van der Waals surface area contributed by atoms with Gasteiger partial charge in [-0.3, -0.25) is 0 Å². The Morgan fingerprint density at radius 3 is 2.77 bits per heavy atom. The molecule has 1 aromatic heterocycles. The predicted octanol–water partition coefficient (Wildman–Crippen LogP) is 3.53. The van der Waals surface area contributed by atoms with Gasteiger partial charge < -0.3 is 20.3 Å². The number of piperidine rings is 3. The number of thiazole rings is 1. The largest absolute Gasteiger partial charge is 0.497 e. The topological polar surface area (TPSA) is 49.4 Å². The van der Waals surface area contributed by atoms with Crippen LogP contribution in [0, 0.1) is 5.92 Å². The first-order valence-corrected chi connectivity index (χ1v) is 10.2. The summed E-state index contributed by atoms with van der Waals surface area (Å²) < 4.78 is 5.23. The Hall–Kier alpha value is -2.05. The third-order valence-corrected chi connectivity index (χ3v) is 6.82. The molecule has 5 heterocycles. The van der Waals surface area contributed by atoms with E-state index >= 15 is 0 Å². The van der Waals surface area contributed by atoms with Crippen molar-refractivity contribution in [3.8, 4) is 17.0 Å². The van der Waals surface area contributed by atoms with E-state index in [2.05, 4.69) is 27.0 Å². The molecule has 2 bridgehead atoms. The van der Waals surface area contributed by atoms with E-state index in [9.17, 15) is 0 Å². The molecule has 26 heavy (non-hydrogen) atoms. The average Bonchev–Trinajstić information content (AvgIpc) is 3.31. The van der Waals surface area contributed by atoms with Crippen LogP contribution in [0.4, 0.5) is 5.13 Å². The number of rotatable bonds is 4. The Morgan fingerprint density at radius 1 is 1.27 bits per heavy atom. The molecule has 5 nitrogen and oxygen atoms in total. The summed E-state index contributed by atoms with van der Waals surface area (Å²) in [5.41, 5.74) is 2.35. The lowest BCUT2D eigenvalue weighted by Crippen LogP contribution is -2.64. The molecule has 3 saturated heterocycles. The molecule has 1 spiro atoms. The van der Waals surface area contributed by atoms with Crippen LogP contribution in [0.15, 0.2) is 41.5 Å². The minimum Gasteiger partial charge on any atom is -0.497 e. The quantitative estimate of drug-likeness (QED) is 0.865. The molecule has 1 aromatic carbocycles. The van der Waals surface area contributed by atoms with E-state index in [1.165, 1.54) is 32.5 Å². The van der Waals surface area contributed by atoms with Crippen LogP contribution in [0.5, 0.6) is 5.75 Å². The maximum Gasteiger partial charge on any atom is 0.188 e. The van der Waals surface area contributed by atoms with Crippen LogP contribution >= 0.6 is 11.3 Å². The van der Waals surface area contributed by atoms with Gasteiger partial charge in [-0.25, -0.2) is 4.98 Å². The number of benzene rings is 1. The molecule has 0 saturated carbocycles. The second-order valence-corrected chi connectivity index (χ2v) is 8.40. The van der Waals surface area contributed by atoms with Crippen molar-refractivity contribution < 1.29 is 4.74 Å². The molecule has 136 valence electrons. The molecule has 1 atom stereocenters. The second-order valence-electron chi connectivity index (χ2n) is 7.54. The van der Waals surface area contributed by atoms with Crippen LogP contribution in [0.3, 0.4) is 0 Å². The Balaban J connectivity index is 1.27. The Kier molecular flexibility index (Phi) is 3.90. The molecule has 0 amide bonds. The summed E-state index contributed by atoms with van der Waals surface area (Å²) >= 11 is 1.65. The van der Waals surface area contributed by atoms with Crippen molar-refractivity contribution in [3.05, 3.63) is 41.5 Å². The van der Waals surface area contributed by atoms with Crippen LogP contribution in [-0.4, -0.2) is 42.2 Å². The summed E-state index contributed by atoms with van der Waals surface area (Å²) in [6, 6.07) is 8.04. The zero-order chi connectivity index (χ0) is 17.6. The number of methoxy groups -OCH3 is 1. The van der Waals surface area contributed by atoms with Crippen LogP contribution in [-0.2, 0) is 0 Å². The van der Waals surface area contributed by atoms with E-state index in [0.717, 1.165) is 40.3 Å². The van der Waals surface area contributed by atoms with Crippen LogP contribution in [0.25, 0.3) is 11.3 Å². The molecule has 0 aliphatic carbocycles. The van der Waals surface area contributed by atoms with E-state index in [0.29, 0.717) is 0 Å². The van der Waals surface area contributed by atoms with Crippen molar-refractivity contribution >= 4 is 16.5 Å². The minimum atomic E-state index is 0.245. The van der Waals surface area contributed by atoms with Crippen LogP contribution < -0.4 is 15.4 Å². The van der Waals surface area contributed by atoms with Crippen molar-refractivity contribution in [1.82, 2.24) is 15.2 Å². The van der Waals surface area contributed by atoms with Gasteiger partial charge >= 0.3 is 0 Å². The van der Waals surface area contributed by atoms with Gasteiger partial charge in [0, 0.05) is 17.5 Å². The molecule has 0 unspecified atom stereocenters. The van der Waals surface area contributed by atoms with E-state index in [1.807, 2.05) is 24.3 Å². The van der Waals surface area contributed by atoms with Crippen molar-refractivity contribution in [2.75, 3.05) is 32.1 Å². The number of anilines is 1. The number of nitrogens with zero attached hydrogens (tertiary/aromatic N) is 2. The Labute approximate surface area is 158 Å². The van der Waals surface area contributed by atoms with Gasteiger partial charge in [0.1, 0.15) is 11.6 Å². The molecular formula is C20H24N4OS. The zero-order valence-electron chi connectivity index (χ0n) is 15.0. The van der Waals surface area contributed by atoms with E-state index in [-0.39, 0.29) is 5.54 Å². The van der Waals surface area contributed by atoms with Gasteiger partial charge in [0.05, 0.1) is 18.3 Å². The first-order valence-electron chi connectivity index (χ1n) is 9.32. The van der Waals surface area contributed by atoms with Gasteiger partial charge in [0.25, 0.3) is 0 Å². The molecule has 6 heteroatoms. The van der Waals surface area contributed by atoms with Crippen molar-refractivity contribution in [2.45, 2.75) is 24.8 Å². The van der Waals surface area contributed by atoms with Crippen LogP contribution in [0.1, 0.15) is 19.3 Å². The van der Waals surface area contributed by atoms with Gasteiger partial charge in [-0.1, -0.05) is 0 Å². The Bertz CT molecular complexity index is 823. The maximum atomic E-state index is 5.23. The maximum absolute atomic E-state index is 5.23. The van der Waals surface area contributed by atoms with Gasteiger partial charge in [-0.05, 0) is 68.6 Å². The first-order chi connectivity index (χ1) is 12.7. The highest BCUT2D eigenvalue weighted by molar-refractivity contribution is 7.14. The van der Waals surface area contributed by atoms with Gasteiger partial charge in [0.2, 0.25) is 0 Å². The average molecular weight is 369 g/mol. The SMILES string of the molecule is COc1ccc(-c2csc(NC3=CC[C@@]4(CN5CCC4CC5)N3)n2)cc1. The molecular weight excluding hydrogens is 344 g/mol. The zero-order valence-corrected chi connectivity index (χ0v) is 15.8. The highest BCUT2D eigenvalue weighted by Crippen LogP contribution is 2.41. The van der Waals surface area contributed by atoms with E-state index in [4.69, 9.17) is 9.72 Å². The standard InChI is InChI=1S/C20H24N4OS/c1-25-16-4-2-14(3-5-16)17-12-26-19(21-17)22-18-6-9-20(23-18)13-24-10-7-15(20)8-11-24/h2-6,12,15,23H,7-11,13H2,1H3,(H,21,22)/t20-/m0/s1. The normalized spacial score (nSPS) is 29.5. The number of ether oxygens (including phenoxy) is 1. The first kappa shape index (κ1) is 16.1. The number of hydrogen-bond acceptors (Lipinski definition) is 6. The Morgan fingerprint density at radius 2 is 2.08 bits per heavy atom. The van der Waals surface area contributed by atoms with E-state index < -0.39 is 0 Å². The van der Waals surface area contributed by atoms with Crippen molar-refractivity contribution in [2.24, 2.45) is 5.92 Å². The highest BCUT2D eigenvalue weighted by atomic mass is 32.1. The molecule has 3 fully saturated rings. The molecule has 4 aliphatic heterocycles. The molecule has 4 aliphatic rings. The number of nitrogens with one attached hydrogen (secondary N) is 2. The minimum absolute atomic E-state index is 0.245. The lowest BCUT2D eigenvalue weighted by Gasteiger charge is -2.52. The van der Waals surface area contributed by atoms with Gasteiger partial charge in [-0.2, -0.15) is 0 Å². The fourth-order valence-electron chi connectivity index (χ4n) is 4.62. The third kappa shape index (κ3) is 2.77. The predicted molar refractivity (Wildman–Crippen MR) is 105 cm³/mol. The lowest BCUT2D eigenvalue weighted by atomic mass is 9.72. The monoisotopic (exact) mass is 368 g/mol. The van der Waals surface area contributed by atoms with Crippen LogP contribution in [0.2, 0.25) is 0 Å². The number of hydrogen-bond donors (Lipinski definition) is 2. The number of aromatic nitrogens is 1. The smallest absolute Gasteiger partial charge is 0.188 e. The van der Waals surface area contributed by atoms with Gasteiger partial charge in [0.15, 0.2) is 5.13 Å². The third-order valence-electron chi connectivity index (χ3n) is 6.06. The molecule has 2 N–H and O–H groups in total. The summed E-state index contributed by atoms with van der Waals surface area (Å²) in [5, 5.41) is 10.3. The lowest BCUT2D eigenvalue weighted by molar-refractivity contribution is 0.0189.